The van der Waals surface area contributed by atoms with Crippen molar-refractivity contribution in [3.05, 3.63) is 0 Å². The van der Waals surface area contributed by atoms with Gasteiger partial charge in [-0.25, -0.2) is 0 Å². The van der Waals surface area contributed by atoms with E-state index >= 15 is 0 Å². The summed E-state index contributed by atoms with van der Waals surface area (Å²) in [5.41, 5.74) is 0. The number of hydrogen-bond donors (Lipinski definition) is 2. The third kappa shape index (κ3) is 6.21. The molecule has 1 aliphatic rings. The first-order chi connectivity index (χ1) is 8.36. The summed E-state index contributed by atoms with van der Waals surface area (Å²) in [6.45, 7) is 4.38. The second-order valence-electron chi connectivity index (χ2n) is 4.61. The smallest absolute Gasteiger partial charge is 0.192 e. The van der Waals surface area contributed by atoms with Gasteiger partial charge in [0.1, 0.15) is 0 Å². The third-order valence-electron chi connectivity index (χ3n) is 3.23. The molecular weight excluding hydrogens is 210 g/mol. The zero-order chi connectivity index (χ0) is 12.3. The molecule has 0 aromatic carbocycles. The summed E-state index contributed by atoms with van der Waals surface area (Å²) in [6.07, 6.45) is 13.5. The molecular formula is C14H25N3. The lowest BCUT2D eigenvalue weighted by molar-refractivity contribution is 0.343. The molecule has 0 radical (unpaired) electrons. The Bertz CT molecular complexity index is 259. The molecule has 0 heterocycles. The fourth-order valence-electron chi connectivity index (χ4n) is 2.31. The lowest BCUT2D eigenvalue weighted by Gasteiger charge is -2.20. The number of terminal acetylenes is 1. The van der Waals surface area contributed by atoms with Crippen molar-refractivity contribution in [3.8, 4) is 12.3 Å². The highest BCUT2D eigenvalue weighted by atomic mass is 15.2. The van der Waals surface area contributed by atoms with Gasteiger partial charge in [0.15, 0.2) is 5.96 Å². The molecule has 1 aliphatic carbocycles. The van der Waals surface area contributed by atoms with E-state index in [2.05, 4.69) is 28.5 Å². The monoisotopic (exact) mass is 235 g/mol. The Morgan fingerprint density at radius 3 is 2.71 bits per heavy atom. The van der Waals surface area contributed by atoms with E-state index in [-0.39, 0.29) is 0 Å². The predicted octanol–water partition coefficient (Wildman–Crippen LogP) is 2.15. The molecule has 0 spiro atoms. The fraction of sp³-hybridized carbons (Fsp3) is 0.786. The van der Waals surface area contributed by atoms with Crippen molar-refractivity contribution in [3.63, 3.8) is 0 Å². The number of nitrogens with one attached hydrogen (secondary N) is 2. The van der Waals surface area contributed by atoms with Crippen molar-refractivity contribution in [2.24, 2.45) is 10.9 Å². The minimum Gasteiger partial charge on any atom is -0.357 e. The number of hydrogen-bond acceptors (Lipinski definition) is 1. The van der Waals surface area contributed by atoms with E-state index in [9.17, 15) is 0 Å². The molecule has 1 saturated carbocycles. The molecule has 0 aliphatic heterocycles. The third-order valence-corrected chi connectivity index (χ3v) is 3.23. The van der Waals surface area contributed by atoms with E-state index in [4.69, 9.17) is 6.42 Å². The average Bonchev–Trinajstić information content (AvgIpc) is 2.37. The van der Waals surface area contributed by atoms with E-state index in [1.807, 2.05) is 0 Å². The van der Waals surface area contributed by atoms with Crippen molar-refractivity contribution >= 4 is 5.96 Å². The van der Waals surface area contributed by atoms with E-state index < -0.39 is 0 Å². The van der Waals surface area contributed by atoms with Crippen LogP contribution in [0.25, 0.3) is 0 Å². The number of guanidine groups is 1. The van der Waals surface area contributed by atoms with Crippen LogP contribution in [0.4, 0.5) is 0 Å². The first-order valence-corrected chi connectivity index (χ1v) is 6.82. The topological polar surface area (TPSA) is 36.4 Å². The maximum Gasteiger partial charge on any atom is 0.192 e. The van der Waals surface area contributed by atoms with E-state index in [0.717, 1.165) is 25.0 Å². The molecule has 1 rings (SSSR count). The van der Waals surface area contributed by atoms with Gasteiger partial charge >= 0.3 is 0 Å². The highest BCUT2D eigenvalue weighted by Gasteiger charge is 2.12. The molecule has 0 saturated heterocycles. The van der Waals surface area contributed by atoms with Gasteiger partial charge in [-0.3, -0.25) is 4.99 Å². The van der Waals surface area contributed by atoms with Crippen LogP contribution in [-0.4, -0.2) is 25.6 Å². The van der Waals surface area contributed by atoms with Crippen LogP contribution < -0.4 is 10.6 Å². The second kappa shape index (κ2) is 8.92. The minimum absolute atomic E-state index is 0.537. The highest BCUT2D eigenvalue weighted by molar-refractivity contribution is 5.79. The first-order valence-electron chi connectivity index (χ1n) is 6.82. The highest BCUT2D eigenvalue weighted by Crippen LogP contribution is 2.25. The van der Waals surface area contributed by atoms with Gasteiger partial charge in [0.2, 0.25) is 0 Å². The molecule has 0 amide bonds. The number of nitrogens with zero attached hydrogens (tertiary/aromatic N) is 1. The van der Waals surface area contributed by atoms with E-state index in [0.29, 0.717) is 6.54 Å². The normalized spacial score (nSPS) is 17.5. The van der Waals surface area contributed by atoms with Crippen molar-refractivity contribution in [2.45, 2.75) is 45.4 Å². The maximum absolute atomic E-state index is 5.22. The zero-order valence-electron chi connectivity index (χ0n) is 11.0. The van der Waals surface area contributed by atoms with Crippen LogP contribution in [0.15, 0.2) is 4.99 Å². The summed E-state index contributed by atoms with van der Waals surface area (Å²) in [4.78, 5) is 4.54. The fourth-order valence-corrected chi connectivity index (χ4v) is 2.31. The SMILES string of the molecule is C#CCNC(=NCCC1CCCCC1)NCC. The standard InChI is InChI=1S/C14H25N3/c1-3-11-16-14(15-4-2)17-12-10-13-8-6-5-7-9-13/h1,13H,4-12H2,2H3,(H2,15,16,17). The quantitative estimate of drug-likeness (QED) is 0.435. The molecule has 0 aromatic rings. The van der Waals surface area contributed by atoms with Crippen molar-refractivity contribution in [2.75, 3.05) is 19.6 Å². The Morgan fingerprint density at radius 2 is 2.06 bits per heavy atom. The first kappa shape index (κ1) is 13.9. The van der Waals surface area contributed by atoms with Gasteiger partial charge in [0.25, 0.3) is 0 Å². The van der Waals surface area contributed by atoms with E-state index in [1.165, 1.54) is 38.5 Å². The van der Waals surface area contributed by atoms with Crippen molar-refractivity contribution in [1.29, 1.82) is 0 Å². The molecule has 96 valence electrons. The molecule has 2 N–H and O–H groups in total. The summed E-state index contributed by atoms with van der Waals surface area (Å²) >= 11 is 0. The Morgan fingerprint density at radius 1 is 1.29 bits per heavy atom. The summed E-state index contributed by atoms with van der Waals surface area (Å²) in [6, 6.07) is 0. The maximum atomic E-state index is 5.22. The molecule has 0 unspecified atom stereocenters. The Hall–Kier alpha value is -1.17. The van der Waals surface area contributed by atoms with Crippen LogP contribution in [0.2, 0.25) is 0 Å². The van der Waals surface area contributed by atoms with Crippen molar-refractivity contribution < 1.29 is 0 Å². The van der Waals surface area contributed by atoms with Crippen LogP contribution in [0, 0.1) is 18.3 Å². The van der Waals surface area contributed by atoms with Crippen LogP contribution in [0.3, 0.4) is 0 Å². The summed E-state index contributed by atoms with van der Waals surface area (Å²) in [5, 5.41) is 6.31. The summed E-state index contributed by atoms with van der Waals surface area (Å²) < 4.78 is 0. The van der Waals surface area contributed by atoms with Crippen LogP contribution in [-0.2, 0) is 0 Å². The average molecular weight is 235 g/mol. The largest absolute Gasteiger partial charge is 0.357 e. The van der Waals surface area contributed by atoms with Gasteiger partial charge in [-0.15, -0.1) is 6.42 Å². The predicted molar refractivity (Wildman–Crippen MR) is 74.0 cm³/mol. The molecule has 1 fully saturated rings. The number of rotatable bonds is 5. The Kier molecular flexibility index (Phi) is 7.29. The molecule has 0 bridgehead atoms. The Balaban J connectivity index is 2.24. The Labute approximate surface area is 105 Å². The molecule has 17 heavy (non-hydrogen) atoms. The molecule has 0 aromatic heterocycles. The molecule has 3 nitrogen and oxygen atoms in total. The summed E-state index contributed by atoms with van der Waals surface area (Å²) in [7, 11) is 0. The zero-order valence-corrected chi connectivity index (χ0v) is 11.0. The van der Waals surface area contributed by atoms with Crippen LogP contribution >= 0.6 is 0 Å². The lowest BCUT2D eigenvalue weighted by Crippen LogP contribution is -2.37. The van der Waals surface area contributed by atoms with Gasteiger partial charge in [-0.2, -0.15) is 0 Å². The van der Waals surface area contributed by atoms with Gasteiger partial charge in [-0.1, -0.05) is 38.0 Å². The lowest BCUT2D eigenvalue weighted by atomic mass is 9.87. The van der Waals surface area contributed by atoms with E-state index in [1.54, 1.807) is 0 Å². The van der Waals surface area contributed by atoms with Gasteiger partial charge in [-0.05, 0) is 19.3 Å². The minimum atomic E-state index is 0.537. The van der Waals surface area contributed by atoms with Gasteiger partial charge < -0.3 is 10.6 Å². The molecule has 3 heteroatoms. The van der Waals surface area contributed by atoms with Crippen LogP contribution in [0.1, 0.15) is 45.4 Å². The van der Waals surface area contributed by atoms with Crippen LogP contribution in [0.5, 0.6) is 0 Å². The van der Waals surface area contributed by atoms with Gasteiger partial charge in [0.05, 0.1) is 6.54 Å². The number of aliphatic imine (C=N–C) groups is 1. The second-order valence-corrected chi connectivity index (χ2v) is 4.61. The molecule has 0 atom stereocenters. The summed E-state index contributed by atoms with van der Waals surface area (Å²) in [5.74, 6) is 4.30. The van der Waals surface area contributed by atoms with Crippen molar-refractivity contribution in [1.82, 2.24) is 10.6 Å². The van der Waals surface area contributed by atoms with Gasteiger partial charge in [0, 0.05) is 13.1 Å².